The standard InChI is InChI=1S/C22H24BrNO4/c1-2-3-9-15-10-7-8-13-17(15)20(25)19(23)21(26)24-18(14-28-22(24)27)16-11-5-4-6-12-16/h4-8,10-13,18-20,25H,2-3,9,14H2,1H3/t18-,19-,20+/m0/s1. The Morgan fingerprint density at radius 2 is 1.89 bits per heavy atom. The van der Waals surface area contributed by atoms with E-state index in [4.69, 9.17) is 4.74 Å². The van der Waals surface area contributed by atoms with Gasteiger partial charge in [0.15, 0.2) is 0 Å². The minimum absolute atomic E-state index is 0.109. The fourth-order valence-electron chi connectivity index (χ4n) is 3.43. The van der Waals surface area contributed by atoms with Crippen LogP contribution in [0.1, 0.15) is 48.6 Å². The van der Waals surface area contributed by atoms with Gasteiger partial charge in [0.05, 0.1) is 0 Å². The van der Waals surface area contributed by atoms with Gasteiger partial charge in [-0.25, -0.2) is 9.69 Å². The number of aryl methyl sites for hydroxylation is 1. The number of alkyl halides is 1. The van der Waals surface area contributed by atoms with Gasteiger partial charge in [0.25, 0.3) is 0 Å². The lowest BCUT2D eigenvalue weighted by atomic mass is 9.96. The van der Waals surface area contributed by atoms with Crippen molar-refractivity contribution >= 4 is 27.9 Å². The smallest absolute Gasteiger partial charge is 0.417 e. The van der Waals surface area contributed by atoms with Crippen LogP contribution in [0.4, 0.5) is 4.79 Å². The van der Waals surface area contributed by atoms with E-state index >= 15 is 0 Å². The number of aliphatic hydroxyl groups is 1. The van der Waals surface area contributed by atoms with Crippen LogP contribution in [-0.2, 0) is 16.0 Å². The molecule has 0 aromatic heterocycles. The highest BCUT2D eigenvalue weighted by atomic mass is 79.9. The third-order valence-electron chi connectivity index (χ3n) is 4.98. The highest BCUT2D eigenvalue weighted by Gasteiger charge is 2.43. The Balaban J connectivity index is 1.82. The second-order valence-corrected chi connectivity index (χ2v) is 7.85. The van der Waals surface area contributed by atoms with Crippen molar-refractivity contribution in [1.82, 2.24) is 4.90 Å². The molecule has 2 aromatic rings. The molecule has 3 rings (SSSR count). The lowest BCUT2D eigenvalue weighted by Crippen LogP contribution is -2.41. The maximum Gasteiger partial charge on any atom is 0.417 e. The van der Waals surface area contributed by atoms with Crippen molar-refractivity contribution in [2.45, 2.75) is 43.2 Å². The molecule has 2 aromatic carbocycles. The minimum atomic E-state index is -1.06. The summed E-state index contributed by atoms with van der Waals surface area (Å²) in [6.07, 6.45) is 1.12. The fraction of sp³-hybridized carbons (Fsp3) is 0.364. The SMILES string of the molecule is CCCCc1ccccc1[C@@H](O)[C@H](Br)C(=O)N1C(=O)OC[C@H]1c1ccccc1. The number of ether oxygens (including phenoxy) is 1. The average Bonchev–Trinajstić information content (AvgIpc) is 3.12. The van der Waals surface area contributed by atoms with Crippen LogP contribution in [0.3, 0.4) is 0 Å². The van der Waals surface area contributed by atoms with Crippen LogP contribution in [0.25, 0.3) is 0 Å². The largest absolute Gasteiger partial charge is 0.446 e. The van der Waals surface area contributed by atoms with Crippen molar-refractivity contribution in [2.75, 3.05) is 6.61 Å². The molecular formula is C22H24BrNO4. The van der Waals surface area contributed by atoms with E-state index in [-0.39, 0.29) is 6.61 Å². The molecule has 3 atom stereocenters. The van der Waals surface area contributed by atoms with Crippen LogP contribution in [-0.4, -0.2) is 33.4 Å². The fourth-order valence-corrected chi connectivity index (χ4v) is 3.93. The lowest BCUT2D eigenvalue weighted by Gasteiger charge is -2.26. The van der Waals surface area contributed by atoms with Crippen molar-refractivity contribution < 1.29 is 19.4 Å². The van der Waals surface area contributed by atoms with Gasteiger partial charge >= 0.3 is 6.09 Å². The van der Waals surface area contributed by atoms with E-state index in [0.29, 0.717) is 5.56 Å². The molecular weight excluding hydrogens is 422 g/mol. The van der Waals surface area contributed by atoms with Gasteiger partial charge in [-0.1, -0.05) is 83.9 Å². The molecule has 1 N–H and O–H groups in total. The Labute approximate surface area is 173 Å². The van der Waals surface area contributed by atoms with Crippen LogP contribution in [0.15, 0.2) is 54.6 Å². The summed E-state index contributed by atoms with van der Waals surface area (Å²) in [6.45, 7) is 2.22. The number of carbonyl (C=O) groups is 2. The predicted molar refractivity (Wildman–Crippen MR) is 110 cm³/mol. The van der Waals surface area contributed by atoms with Gasteiger partial charge in [-0.15, -0.1) is 0 Å². The summed E-state index contributed by atoms with van der Waals surface area (Å²) < 4.78 is 5.13. The third kappa shape index (κ3) is 4.28. The van der Waals surface area contributed by atoms with Crippen LogP contribution in [0.5, 0.6) is 0 Å². The molecule has 0 saturated carbocycles. The summed E-state index contributed by atoms with van der Waals surface area (Å²) in [7, 11) is 0. The molecule has 1 heterocycles. The Morgan fingerprint density at radius 3 is 2.61 bits per heavy atom. The molecule has 1 fully saturated rings. The number of aliphatic hydroxyl groups excluding tert-OH is 1. The van der Waals surface area contributed by atoms with Crippen molar-refractivity contribution in [3.05, 3.63) is 71.3 Å². The monoisotopic (exact) mass is 445 g/mol. The zero-order valence-electron chi connectivity index (χ0n) is 15.8. The summed E-state index contributed by atoms with van der Waals surface area (Å²) >= 11 is 3.34. The number of cyclic esters (lactones) is 1. The quantitative estimate of drug-likeness (QED) is 0.634. The Hall–Kier alpha value is -2.18. The van der Waals surface area contributed by atoms with Crippen LogP contribution in [0, 0.1) is 0 Å². The Bertz CT molecular complexity index is 826. The number of halogens is 1. The van der Waals surface area contributed by atoms with Gasteiger partial charge in [0, 0.05) is 0 Å². The molecule has 6 heteroatoms. The first kappa shape index (κ1) is 20.6. The second-order valence-electron chi connectivity index (χ2n) is 6.86. The number of rotatable bonds is 7. The molecule has 0 bridgehead atoms. The van der Waals surface area contributed by atoms with Crippen LogP contribution in [0.2, 0.25) is 0 Å². The van der Waals surface area contributed by atoms with E-state index in [0.717, 1.165) is 35.3 Å². The third-order valence-corrected chi connectivity index (χ3v) is 5.87. The molecule has 148 valence electrons. The molecule has 0 aliphatic carbocycles. The van der Waals surface area contributed by atoms with Gasteiger partial charge in [-0.05, 0) is 29.5 Å². The normalized spacial score (nSPS) is 18.6. The van der Waals surface area contributed by atoms with E-state index in [1.54, 1.807) is 0 Å². The number of nitrogens with zero attached hydrogens (tertiary/aromatic N) is 1. The van der Waals surface area contributed by atoms with Gasteiger partial charge in [-0.2, -0.15) is 0 Å². The van der Waals surface area contributed by atoms with E-state index < -0.39 is 29.0 Å². The molecule has 0 spiro atoms. The lowest BCUT2D eigenvalue weighted by molar-refractivity contribution is -0.130. The summed E-state index contributed by atoms with van der Waals surface area (Å²) in [6, 6.07) is 16.4. The number of hydrogen-bond donors (Lipinski definition) is 1. The first-order chi connectivity index (χ1) is 13.5. The maximum atomic E-state index is 13.1. The topological polar surface area (TPSA) is 66.8 Å². The number of carbonyl (C=O) groups excluding carboxylic acids is 2. The van der Waals surface area contributed by atoms with Gasteiger partial charge < -0.3 is 9.84 Å². The van der Waals surface area contributed by atoms with Crippen molar-refractivity contribution in [3.8, 4) is 0 Å². The molecule has 1 aliphatic rings. The summed E-state index contributed by atoms with van der Waals surface area (Å²) in [5.74, 6) is -0.505. The van der Waals surface area contributed by atoms with Gasteiger partial charge in [0.1, 0.15) is 23.6 Å². The first-order valence-corrected chi connectivity index (χ1v) is 10.4. The van der Waals surface area contributed by atoms with E-state index in [1.165, 1.54) is 0 Å². The minimum Gasteiger partial charge on any atom is -0.446 e. The van der Waals surface area contributed by atoms with Gasteiger partial charge in [-0.3, -0.25) is 4.79 Å². The predicted octanol–water partition coefficient (Wildman–Crippen LogP) is 4.55. The molecule has 1 aliphatic heterocycles. The summed E-state index contributed by atoms with van der Waals surface area (Å²) in [5.41, 5.74) is 2.53. The molecule has 0 unspecified atom stereocenters. The highest BCUT2D eigenvalue weighted by Crippen LogP contribution is 2.33. The van der Waals surface area contributed by atoms with E-state index in [2.05, 4.69) is 22.9 Å². The maximum absolute atomic E-state index is 13.1. The molecule has 5 nitrogen and oxygen atoms in total. The highest BCUT2D eigenvalue weighted by molar-refractivity contribution is 9.10. The summed E-state index contributed by atoms with van der Waals surface area (Å²) in [5, 5.41) is 10.9. The van der Waals surface area contributed by atoms with E-state index in [9.17, 15) is 14.7 Å². The van der Waals surface area contributed by atoms with Gasteiger partial charge in [0.2, 0.25) is 5.91 Å². The Kier molecular flexibility index (Phi) is 6.86. The summed E-state index contributed by atoms with van der Waals surface area (Å²) in [4.78, 5) is 25.5. The molecule has 1 saturated heterocycles. The molecule has 2 amide bonds. The average molecular weight is 446 g/mol. The number of amides is 2. The van der Waals surface area contributed by atoms with Crippen molar-refractivity contribution in [2.24, 2.45) is 0 Å². The number of benzene rings is 2. The second kappa shape index (κ2) is 9.34. The molecule has 28 heavy (non-hydrogen) atoms. The zero-order chi connectivity index (χ0) is 20.1. The van der Waals surface area contributed by atoms with E-state index in [1.807, 2.05) is 54.6 Å². The van der Waals surface area contributed by atoms with Crippen LogP contribution < -0.4 is 0 Å². The number of imide groups is 1. The van der Waals surface area contributed by atoms with Crippen LogP contribution >= 0.6 is 15.9 Å². The molecule has 0 radical (unpaired) electrons. The first-order valence-electron chi connectivity index (χ1n) is 9.49. The van der Waals surface area contributed by atoms with Crippen molar-refractivity contribution in [1.29, 1.82) is 0 Å². The zero-order valence-corrected chi connectivity index (χ0v) is 17.3. The number of unbranched alkanes of at least 4 members (excludes halogenated alkanes) is 1. The number of hydrogen-bond acceptors (Lipinski definition) is 4. The Morgan fingerprint density at radius 1 is 1.21 bits per heavy atom. The van der Waals surface area contributed by atoms with Crippen molar-refractivity contribution in [3.63, 3.8) is 0 Å².